The number of benzene rings is 2. The molecule has 6 nitrogen and oxygen atoms in total. The van der Waals surface area contributed by atoms with E-state index >= 15 is 0 Å². The quantitative estimate of drug-likeness (QED) is 0.499. The van der Waals surface area contributed by atoms with Gasteiger partial charge >= 0.3 is 0 Å². The summed E-state index contributed by atoms with van der Waals surface area (Å²) in [6.45, 7) is 0.302. The van der Waals surface area contributed by atoms with E-state index in [1.165, 1.54) is 0 Å². The van der Waals surface area contributed by atoms with Gasteiger partial charge in [-0.1, -0.05) is 48.5 Å². The molecule has 6 heteroatoms. The van der Waals surface area contributed by atoms with E-state index in [4.69, 9.17) is 0 Å². The first kappa shape index (κ1) is 19.4. The van der Waals surface area contributed by atoms with E-state index in [2.05, 4.69) is 15.6 Å². The molecule has 0 aliphatic rings. The Balaban J connectivity index is 1.26. The Morgan fingerprint density at radius 1 is 0.867 bits per heavy atom. The summed E-state index contributed by atoms with van der Waals surface area (Å²) in [5.74, 6) is -0.235. The van der Waals surface area contributed by atoms with E-state index in [-0.39, 0.29) is 18.2 Å². The number of pyridine rings is 1. The number of rotatable bonds is 7. The Kier molecular flexibility index (Phi) is 5.85. The van der Waals surface area contributed by atoms with Crippen LogP contribution in [0.5, 0.6) is 0 Å². The lowest BCUT2D eigenvalue weighted by Gasteiger charge is -2.07. The van der Waals surface area contributed by atoms with Crippen LogP contribution in [0, 0.1) is 0 Å². The zero-order valence-electron chi connectivity index (χ0n) is 16.4. The standard InChI is InChI=1S/C24H22N4O2/c29-23(13-14-25-24(30)16-18-6-2-1-3-7-18)26-20-11-9-19(10-12-20)21-17-28-15-5-4-8-22(28)27-21/h1-12,15,17H,13-14,16H2,(H,25,30)(H,26,29). The van der Waals surface area contributed by atoms with Crippen molar-refractivity contribution in [3.63, 3.8) is 0 Å². The predicted octanol–water partition coefficient (Wildman–Crippen LogP) is 3.69. The van der Waals surface area contributed by atoms with Crippen LogP contribution in [0.4, 0.5) is 5.69 Å². The number of imidazole rings is 1. The van der Waals surface area contributed by atoms with E-state index in [1.54, 1.807) is 0 Å². The minimum Gasteiger partial charge on any atom is -0.355 e. The molecule has 2 heterocycles. The maximum atomic E-state index is 12.1. The highest BCUT2D eigenvalue weighted by Gasteiger charge is 2.07. The number of nitrogens with zero attached hydrogens (tertiary/aromatic N) is 2. The van der Waals surface area contributed by atoms with Gasteiger partial charge in [-0.05, 0) is 29.8 Å². The number of fused-ring (bicyclic) bond motifs is 1. The zero-order chi connectivity index (χ0) is 20.8. The average molecular weight is 398 g/mol. The highest BCUT2D eigenvalue weighted by Crippen LogP contribution is 2.21. The van der Waals surface area contributed by atoms with Gasteiger partial charge in [0.25, 0.3) is 0 Å². The predicted molar refractivity (Wildman–Crippen MR) is 117 cm³/mol. The minimum atomic E-state index is -0.143. The molecular formula is C24H22N4O2. The highest BCUT2D eigenvalue weighted by molar-refractivity contribution is 5.91. The largest absolute Gasteiger partial charge is 0.355 e. The fourth-order valence-corrected chi connectivity index (χ4v) is 3.18. The first-order valence-electron chi connectivity index (χ1n) is 9.82. The third-order valence-corrected chi connectivity index (χ3v) is 4.71. The fourth-order valence-electron chi connectivity index (χ4n) is 3.18. The molecule has 0 unspecified atom stereocenters. The Labute approximate surface area is 174 Å². The summed E-state index contributed by atoms with van der Waals surface area (Å²) in [7, 11) is 0. The molecule has 2 amide bonds. The molecule has 4 rings (SSSR count). The molecule has 0 aliphatic carbocycles. The molecule has 0 radical (unpaired) electrons. The van der Waals surface area contributed by atoms with Crippen LogP contribution < -0.4 is 10.6 Å². The van der Waals surface area contributed by atoms with Gasteiger partial charge < -0.3 is 15.0 Å². The number of anilines is 1. The first-order chi connectivity index (χ1) is 14.7. The molecule has 0 spiro atoms. The minimum absolute atomic E-state index is 0.0918. The molecule has 2 aromatic heterocycles. The molecule has 0 aliphatic heterocycles. The smallest absolute Gasteiger partial charge is 0.226 e. The Morgan fingerprint density at radius 2 is 1.63 bits per heavy atom. The summed E-state index contributed by atoms with van der Waals surface area (Å²) in [6, 6.07) is 23.0. The van der Waals surface area contributed by atoms with Gasteiger partial charge in [0.1, 0.15) is 5.65 Å². The lowest BCUT2D eigenvalue weighted by molar-refractivity contribution is -0.120. The lowest BCUT2D eigenvalue weighted by Crippen LogP contribution is -2.28. The van der Waals surface area contributed by atoms with Crippen molar-refractivity contribution >= 4 is 23.1 Å². The van der Waals surface area contributed by atoms with Crippen LogP contribution in [0.25, 0.3) is 16.9 Å². The van der Waals surface area contributed by atoms with Crippen LogP contribution >= 0.6 is 0 Å². The SMILES string of the molecule is O=C(Cc1ccccc1)NCCC(=O)Nc1ccc(-c2cn3ccccc3n2)cc1. The van der Waals surface area contributed by atoms with E-state index in [0.717, 1.165) is 22.5 Å². The van der Waals surface area contributed by atoms with E-state index in [1.807, 2.05) is 89.6 Å². The molecule has 0 saturated heterocycles. The van der Waals surface area contributed by atoms with Crippen LogP contribution in [-0.2, 0) is 16.0 Å². The van der Waals surface area contributed by atoms with Crippen LogP contribution in [0.15, 0.2) is 85.2 Å². The molecule has 2 aromatic carbocycles. The number of aromatic nitrogens is 2. The van der Waals surface area contributed by atoms with Crippen molar-refractivity contribution < 1.29 is 9.59 Å². The van der Waals surface area contributed by atoms with Crippen LogP contribution in [-0.4, -0.2) is 27.7 Å². The van der Waals surface area contributed by atoms with Crippen LogP contribution in [0.1, 0.15) is 12.0 Å². The van der Waals surface area contributed by atoms with Crippen molar-refractivity contribution in [3.8, 4) is 11.3 Å². The maximum Gasteiger partial charge on any atom is 0.226 e. The summed E-state index contributed by atoms with van der Waals surface area (Å²) in [6.07, 6.45) is 4.46. The molecule has 2 N–H and O–H groups in total. The van der Waals surface area contributed by atoms with Gasteiger partial charge in [0, 0.05) is 36.6 Å². The van der Waals surface area contributed by atoms with Gasteiger partial charge in [-0.2, -0.15) is 0 Å². The molecular weight excluding hydrogens is 376 g/mol. The fraction of sp³-hybridized carbons (Fsp3) is 0.125. The molecule has 0 atom stereocenters. The highest BCUT2D eigenvalue weighted by atomic mass is 16.2. The molecule has 150 valence electrons. The number of carbonyl (C=O) groups excluding carboxylic acids is 2. The number of hydrogen-bond donors (Lipinski definition) is 2. The van der Waals surface area contributed by atoms with Crippen LogP contribution in [0.3, 0.4) is 0 Å². The van der Waals surface area contributed by atoms with Crippen molar-refractivity contribution in [3.05, 3.63) is 90.8 Å². The lowest BCUT2D eigenvalue weighted by atomic mass is 10.1. The number of nitrogens with one attached hydrogen (secondary N) is 2. The van der Waals surface area contributed by atoms with Gasteiger partial charge in [-0.25, -0.2) is 4.98 Å². The summed E-state index contributed by atoms with van der Waals surface area (Å²) in [4.78, 5) is 28.7. The third kappa shape index (κ3) is 4.91. The Bertz CT molecular complexity index is 1120. The third-order valence-electron chi connectivity index (χ3n) is 4.71. The second-order valence-corrected chi connectivity index (χ2v) is 6.98. The number of carbonyl (C=O) groups is 2. The zero-order valence-corrected chi connectivity index (χ0v) is 16.4. The monoisotopic (exact) mass is 398 g/mol. The maximum absolute atomic E-state index is 12.1. The number of hydrogen-bond acceptors (Lipinski definition) is 3. The second-order valence-electron chi connectivity index (χ2n) is 6.98. The topological polar surface area (TPSA) is 75.5 Å². The van der Waals surface area contributed by atoms with Crippen molar-refractivity contribution in [1.29, 1.82) is 0 Å². The normalized spacial score (nSPS) is 10.7. The van der Waals surface area contributed by atoms with Gasteiger partial charge in [-0.3, -0.25) is 9.59 Å². The van der Waals surface area contributed by atoms with Gasteiger partial charge in [0.15, 0.2) is 0 Å². The van der Waals surface area contributed by atoms with E-state index in [0.29, 0.717) is 18.7 Å². The van der Waals surface area contributed by atoms with E-state index in [9.17, 15) is 9.59 Å². The summed E-state index contributed by atoms with van der Waals surface area (Å²) >= 11 is 0. The Morgan fingerprint density at radius 3 is 2.40 bits per heavy atom. The van der Waals surface area contributed by atoms with Gasteiger partial charge in [0.2, 0.25) is 11.8 Å². The van der Waals surface area contributed by atoms with Crippen LogP contribution in [0.2, 0.25) is 0 Å². The first-order valence-corrected chi connectivity index (χ1v) is 9.82. The molecule has 0 saturated carbocycles. The van der Waals surface area contributed by atoms with Crippen molar-refractivity contribution in [2.24, 2.45) is 0 Å². The van der Waals surface area contributed by atoms with Crippen molar-refractivity contribution in [1.82, 2.24) is 14.7 Å². The number of amides is 2. The molecule has 30 heavy (non-hydrogen) atoms. The summed E-state index contributed by atoms with van der Waals surface area (Å²) in [5.41, 5.74) is 4.40. The summed E-state index contributed by atoms with van der Waals surface area (Å²) < 4.78 is 1.97. The van der Waals surface area contributed by atoms with Gasteiger partial charge in [0.05, 0.1) is 12.1 Å². The molecule has 4 aromatic rings. The molecule has 0 fully saturated rings. The molecule has 0 bridgehead atoms. The van der Waals surface area contributed by atoms with E-state index < -0.39 is 0 Å². The van der Waals surface area contributed by atoms with Crippen molar-refractivity contribution in [2.75, 3.05) is 11.9 Å². The Hall–Kier alpha value is -3.93. The van der Waals surface area contributed by atoms with Gasteiger partial charge in [-0.15, -0.1) is 0 Å². The second kappa shape index (κ2) is 9.05. The average Bonchev–Trinajstić information content (AvgIpc) is 3.19. The van der Waals surface area contributed by atoms with Crippen molar-refractivity contribution in [2.45, 2.75) is 12.8 Å². The summed E-state index contributed by atoms with van der Waals surface area (Å²) in [5, 5.41) is 5.64.